The highest BCUT2D eigenvalue weighted by atomic mass is 15.2. The van der Waals surface area contributed by atoms with Crippen LogP contribution in [0.1, 0.15) is 17.2 Å². The third-order valence-corrected chi connectivity index (χ3v) is 3.76. The lowest BCUT2D eigenvalue weighted by molar-refractivity contribution is 0.00930. The highest BCUT2D eigenvalue weighted by Crippen LogP contribution is 2.49. The minimum atomic E-state index is 0.259. The quantitative estimate of drug-likeness (QED) is 0.662. The fraction of sp³-hybridized carbons (Fsp3) is 0.500. The van der Waals surface area contributed by atoms with Crippen LogP contribution in [0.2, 0.25) is 0 Å². The maximum absolute atomic E-state index is 6.32. The number of fused-ring (bicyclic) bond motifs is 1. The third-order valence-electron chi connectivity index (χ3n) is 3.76. The average molecular weight is 188 g/mol. The van der Waals surface area contributed by atoms with Crippen molar-refractivity contribution in [1.82, 2.24) is 4.90 Å². The zero-order valence-electron chi connectivity index (χ0n) is 8.53. The molecule has 1 atom stereocenters. The van der Waals surface area contributed by atoms with Gasteiger partial charge in [0.2, 0.25) is 0 Å². The first-order valence-corrected chi connectivity index (χ1v) is 5.23. The number of hydrogen-bond acceptors (Lipinski definition) is 2. The Kier molecular flexibility index (Phi) is 1.56. The Balaban J connectivity index is 1.98. The van der Waals surface area contributed by atoms with Gasteiger partial charge in [0, 0.05) is 24.5 Å². The van der Waals surface area contributed by atoms with Crippen molar-refractivity contribution in [2.75, 3.05) is 20.1 Å². The topological polar surface area (TPSA) is 29.3 Å². The normalized spacial score (nSPS) is 28.9. The summed E-state index contributed by atoms with van der Waals surface area (Å²) in [6.07, 6.45) is 1.18. The molecule has 3 rings (SSSR count). The molecule has 1 saturated heterocycles. The summed E-state index contributed by atoms with van der Waals surface area (Å²) in [5.74, 6) is 0. The Bertz CT molecular complexity index is 366. The van der Waals surface area contributed by atoms with Gasteiger partial charge in [0.1, 0.15) is 0 Å². The van der Waals surface area contributed by atoms with Crippen molar-refractivity contribution in [1.29, 1.82) is 0 Å². The van der Waals surface area contributed by atoms with Gasteiger partial charge in [-0.3, -0.25) is 0 Å². The fourth-order valence-corrected chi connectivity index (χ4v) is 3.16. The van der Waals surface area contributed by atoms with Crippen LogP contribution in [-0.2, 0) is 6.42 Å². The minimum Gasteiger partial charge on any atom is -0.323 e. The van der Waals surface area contributed by atoms with Crippen LogP contribution in [0.3, 0.4) is 0 Å². The van der Waals surface area contributed by atoms with E-state index in [0.717, 1.165) is 13.1 Å². The number of benzene rings is 1. The van der Waals surface area contributed by atoms with Gasteiger partial charge in [0.15, 0.2) is 0 Å². The molecule has 1 aromatic rings. The first-order chi connectivity index (χ1) is 6.71. The van der Waals surface area contributed by atoms with Crippen molar-refractivity contribution >= 4 is 0 Å². The molecule has 0 bridgehead atoms. The molecule has 14 heavy (non-hydrogen) atoms. The largest absolute Gasteiger partial charge is 0.323 e. The van der Waals surface area contributed by atoms with E-state index in [-0.39, 0.29) is 6.04 Å². The van der Waals surface area contributed by atoms with Gasteiger partial charge < -0.3 is 10.6 Å². The zero-order valence-corrected chi connectivity index (χ0v) is 8.53. The summed E-state index contributed by atoms with van der Waals surface area (Å²) in [6.45, 7) is 2.31. The van der Waals surface area contributed by atoms with E-state index in [9.17, 15) is 0 Å². The minimum absolute atomic E-state index is 0.259. The molecule has 1 aliphatic carbocycles. The molecule has 1 spiro atoms. The smallest absolute Gasteiger partial charge is 0.0382 e. The van der Waals surface area contributed by atoms with E-state index in [4.69, 9.17) is 5.73 Å². The van der Waals surface area contributed by atoms with Crippen LogP contribution in [-0.4, -0.2) is 25.0 Å². The van der Waals surface area contributed by atoms with Crippen molar-refractivity contribution in [3.05, 3.63) is 35.4 Å². The maximum Gasteiger partial charge on any atom is 0.0382 e. The van der Waals surface area contributed by atoms with Gasteiger partial charge in [-0.2, -0.15) is 0 Å². The summed E-state index contributed by atoms with van der Waals surface area (Å²) >= 11 is 0. The highest BCUT2D eigenvalue weighted by Gasteiger charge is 2.50. The molecule has 1 fully saturated rings. The molecule has 0 amide bonds. The summed E-state index contributed by atoms with van der Waals surface area (Å²) in [4.78, 5) is 2.35. The van der Waals surface area contributed by atoms with E-state index >= 15 is 0 Å². The van der Waals surface area contributed by atoms with Crippen LogP contribution in [0.15, 0.2) is 24.3 Å². The molecular formula is C12H16N2. The molecular weight excluding hydrogens is 172 g/mol. The third kappa shape index (κ3) is 0.928. The summed E-state index contributed by atoms with van der Waals surface area (Å²) in [7, 11) is 2.17. The van der Waals surface area contributed by atoms with Crippen molar-refractivity contribution < 1.29 is 0 Å². The van der Waals surface area contributed by atoms with E-state index in [2.05, 4.69) is 36.2 Å². The van der Waals surface area contributed by atoms with Gasteiger partial charge in [-0.05, 0) is 24.6 Å². The van der Waals surface area contributed by atoms with Gasteiger partial charge in [0.05, 0.1) is 0 Å². The Labute approximate surface area is 84.7 Å². The molecule has 74 valence electrons. The average Bonchev–Trinajstić information content (AvgIpc) is 2.41. The SMILES string of the molecule is CN1CC2(Cc3ccccc3[C@H]2N)C1. The predicted molar refractivity (Wildman–Crippen MR) is 57.0 cm³/mol. The number of nitrogens with two attached hydrogens (primary N) is 1. The Morgan fingerprint density at radius 2 is 2.07 bits per heavy atom. The van der Waals surface area contributed by atoms with Crippen LogP contribution < -0.4 is 5.73 Å². The lowest BCUT2D eigenvalue weighted by atomic mass is 9.74. The van der Waals surface area contributed by atoms with Crippen LogP contribution >= 0.6 is 0 Å². The zero-order chi connectivity index (χ0) is 9.76. The fourth-order valence-electron chi connectivity index (χ4n) is 3.16. The van der Waals surface area contributed by atoms with E-state index in [1.165, 1.54) is 17.5 Å². The molecule has 1 aromatic carbocycles. The molecule has 1 aliphatic heterocycles. The van der Waals surface area contributed by atoms with Gasteiger partial charge in [-0.1, -0.05) is 24.3 Å². The second-order valence-corrected chi connectivity index (χ2v) is 4.89. The van der Waals surface area contributed by atoms with Gasteiger partial charge in [-0.25, -0.2) is 0 Å². The van der Waals surface area contributed by atoms with E-state index in [1.54, 1.807) is 0 Å². The summed E-state index contributed by atoms with van der Waals surface area (Å²) < 4.78 is 0. The Hall–Kier alpha value is -0.860. The molecule has 2 nitrogen and oxygen atoms in total. The summed E-state index contributed by atoms with van der Waals surface area (Å²) in [5.41, 5.74) is 9.52. The van der Waals surface area contributed by atoms with Crippen molar-refractivity contribution in [3.8, 4) is 0 Å². The number of rotatable bonds is 0. The van der Waals surface area contributed by atoms with E-state index < -0.39 is 0 Å². The standard InChI is InChI=1S/C12H16N2/c1-14-7-12(8-14)6-9-4-2-3-5-10(9)11(12)13/h2-5,11H,6-8,13H2,1H3/t11-/m1/s1. The van der Waals surface area contributed by atoms with Gasteiger partial charge in [0.25, 0.3) is 0 Å². The van der Waals surface area contributed by atoms with Gasteiger partial charge >= 0.3 is 0 Å². The second-order valence-electron chi connectivity index (χ2n) is 4.89. The van der Waals surface area contributed by atoms with E-state index in [0.29, 0.717) is 5.41 Å². The second kappa shape index (κ2) is 2.59. The number of likely N-dealkylation sites (tertiary alicyclic amines) is 1. The molecule has 2 N–H and O–H groups in total. The first-order valence-electron chi connectivity index (χ1n) is 5.23. The molecule has 0 aromatic heterocycles. The van der Waals surface area contributed by atoms with Crippen molar-refractivity contribution in [3.63, 3.8) is 0 Å². The van der Waals surface area contributed by atoms with E-state index in [1.807, 2.05) is 0 Å². The van der Waals surface area contributed by atoms with Crippen molar-refractivity contribution in [2.45, 2.75) is 12.5 Å². The van der Waals surface area contributed by atoms with Crippen LogP contribution in [0.5, 0.6) is 0 Å². The van der Waals surface area contributed by atoms with Crippen LogP contribution in [0.25, 0.3) is 0 Å². The molecule has 2 aliphatic rings. The predicted octanol–water partition coefficient (Wildman–Crippen LogP) is 1.17. The lowest BCUT2D eigenvalue weighted by Crippen LogP contribution is -2.58. The molecule has 0 unspecified atom stereocenters. The first kappa shape index (κ1) is 8.45. The van der Waals surface area contributed by atoms with Crippen molar-refractivity contribution in [2.24, 2.45) is 11.1 Å². The Morgan fingerprint density at radius 1 is 1.36 bits per heavy atom. The molecule has 2 heteroatoms. The Morgan fingerprint density at radius 3 is 2.71 bits per heavy atom. The molecule has 0 radical (unpaired) electrons. The summed E-state index contributed by atoms with van der Waals surface area (Å²) in [5, 5.41) is 0. The molecule has 1 heterocycles. The van der Waals surface area contributed by atoms with Crippen LogP contribution in [0.4, 0.5) is 0 Å². The van der Waals surface area contributed by atoms with Gasteiger partial charge in [-0.15, -0.1) is 0 Å². The molecule has 0 saturated carbocycles. The summed E-state index contributed by atoms with van der Waals surface area (Å²) in [6, 6.07) is 8.89. The number of hydrogen-bond donors (Lipinski definition) is 1. The maximum atomic E-state index is 6.32. The van der Waals surface area contributed by atoms with Crippen LogP contribution in [0, 0.1) is 5.41 Å². The monoisotopic (exact) mass is 188 g/mol. The highest BCUT2D eigenvalue weighted by molar-refractivity contribution is 5.39. The lowest BCUT2D eigenvalue weighted by Gasteiger charge is -2.49. The number of nitrogens with zero attached hydrogens (tertiary/aromatic N) is 1.